The molecule has 10 heteroatoms. The van der Waals surface area contributed by atoms with Crippen molar-refractivity contribution in [2.75, 3.05) is 11.4 Å². The number of anilines is 1. The van der Waals surface area contributed by atoms with E-state index in [0.29, 0.717) is 43.1 Å². The molecule has 1 aromatic heterocycles. The smallest absolute Gasteiger partial charge is 0.343 e. The van der Waals surface area contributed by atoms with Crippen LogP contribution in [-0.4, -0.2) is 40.1 Å². The molecule has 1 N–H and O–H groups in total. The Kier molecular flexibility index (Phi) is 5.57. The van der Waals surface area contributed by atoms with Gasteiger partial charge >= 0.3 is 5.69 Å². The lowest BCUT2D eigenvalue weighted by Crippen LogP contribution is -2.44. The summed E-state index contributed by atoms with van der Waals surface area (Å²) in [7, 11) is -3.63. The second-order valence-electron chi connectivity index (χ2n) is 8.71. The highest BCUT2D eigenvalue weighted by molar-refractivity contribution is 7.89. The lowest BCUT2D eigenvalue weighted by Gasteiger charge is -2.37. The number of hydrogen-bond donors (Lipinski definition) is 1. The summed E-state index contributed by atoms with van der Waals surface area (Å²) in [5, 5.41) is 5.85. The monoisotopic (exact) mass is 471 g/mol. The SMILES string of the molecule is CC1CCC(c2ccccc2)S(=O)(=O)N1Cc1ccc(N2CCn3c(n[nH]c3=O)C2)cc1F. The van der Waals surface area contributed by atoms with Crippen LogP contribution in [0, 0.1) is 5.82 Å². The molecule has 3 heterocycles. The first-order valence-electron chi connectivity index (χ1n) is 11.1. The van der Waals surface area contributed by atoms with Gasteiger partial charge < -0.3 is 4.90 Å². The minimum Gasteiger partial charge on any atom is -0.362 e. The van der Waals surface area contributed by atoms with Crippen molar-refractivity contribution >= 4 is 15.7 Å². The minimum absolute atomic E-state index is 0.00213. The second kappa shape index (κ2) is 8.42. The van der Waals surface area contributed by atoms with Gasteiger partial charge in [-0.25, -0.2) is 22.7 Å². The number of benzene rings is 2. The van der Waals surface area contributed by atoms with E-state index in [1.54, 1.807) is 16.7 Å². The molecule has 2 aliphatic heterocycles. The maximum Gasteiger partial charge on any atom is 0.343 e. The molecular weight excluding hydrogens is 445 g/mol. The third-order valence-electron chi connectivity index (χ3n) is 6.69. The van der Waals surface area contributed by atoms with E-state index in [-0.39, 0.29) is 18.3 Å². The van der Waals surface area contributed by atoms with E-state index in [1.165, 1.54) is 10.4 Å². The lowest BCUT2D eigenvalue weighted by atomic mass is 10.0. The minimum atomic E-state index is -3.63. The number of fused-ring (bicyclic) bond motifs is 1. The predicted molar refractivity (Wildman–Crippen MR) is 123 cm³/mol. The topological polar surface area (TPSA) is 91.3 Å². The Balaban J connectivity index is 1.37. The average Bonchev–Trinajstić information content (AvgIpc) is 3.18. The molecule has 3 aromatic rings. The number of aromatic amines is 1. The van der Waals surface area contributed by atoms with Crippen molar-refractivity contribution in [3.8, 4) is 0 Å². The largest absolute Gasteiger partial charge is 0.362 e. The third-order valence-corrected chi connectivity index (χ3v) is 9.06. The van der Waals surface area contributed by atoms with Crippen LogP contribution in [-0.2, 0) is 29.7 Å². The number of rotatable bonds is 4. The molecule has 2 aromatic carbocycles. The van der Waals surface area contributed by atoms with Gasteiger partial charge in [-0.1, -0.05) is 36.4 Å². The zero-order valence-corrected chi connectivity index (χ0v) is 19.1. The number of halogens is 1. The highest BCUT2D eigenvalue weighted by atomic mass is 32.2. The first-order valence-corrected chi connectivity index (χ1v) is 12.6. The van der Waals surface area contributed by atoms with Crippen molar-refractivity contribution in [1.29, 1.82) is 0 Å². The van der Waals surface area contributed by atoms with Gasteiger partial charge in [0.25, 0.3) is 0 Å². The Hall–Kier alpha value is -2.98. The fourth-order valence-corrected chi connectivity index (χ4v) is 6.96. The van der Waals surface area contributed by atoms with Crippen LogP contribution in [0.25, 0.3) is 0 Å². The molecule has 33 heavy (non-hydrogen) atoms. The molecule has 5 rings (SSSR count). The van der Waals surface area contributed by atoms with Gasteiger partial charge in [-0.05, 0) is 37.5 Å². The summed E-state index contributed by atoms with van der Waals surface area (Å²) in [6, 6.07) is 13.9. The summed E-state index contributed by atoms with van der Waals surface area (Å²) < 4.78 is 45.0. The van der Waals surface area contributed by atoms with Gasteiger partial charge in [0.15, 0.2) is 5.82 Å². The standard InChI is InChI=1S/C23H26FN5O3S/c1-16-7-10-21(17-5-3-2-4-6-17)33(31,32)29(16)14-18-8-9-19(13-20(18)24)27-11-12-28-22(15-27)25-26-23(28)30/h2-6,8-9,13,16,21H,7,10-12,14-15H2,1H3,(H,26,30). The van der Waals surface area contributed by atoms with E-state index in [4.69, 9.17) is 0 Å². The molecule has 2 unspecified atom stereocenters. The molecular formula is C23H26FN5O3S. The molecule has 0 amide bonds. The summed E-state index contributed by atoms with van der Waals surface area (Å²) in [5.41, 5.74) is 1.55. The summed E-state index contributed by atoms with van der Waals surface area (Å²) in [6.07, 6.45) is 1.27. The molecule has 2 atom stereocenters. The number of nitrogens with one attached hydrogen (secondary N) is 1. The number of nitrogens with zero attached hydrogens (tertiary/aromatic N) is 4. The molecule has 0 spiro atoms. The number of aromatic nitrogens is 3. The van der Waals surface area contributed by atoms with Crippen LogP contribution < -0.4 is 10.6 Å². The van der Waals surface area contributed by atoms with E-state index in [9.17, 15) is 13.2 Å². The molecule has 0 radical (unpaired) electrons. The Morgan fingerprint density at radius 2 is 1.91 bits per heavy atom. The zero-order chi connectivity index (χ0) is 23.2. The molecule has 1 saturated heterocycles. The molecule has 8 nitrogen and oxygen atoms in total. The van der Waals surface area contributed by atoms with E-state index in [2.05, 4.69) is 10.2 Å². The summed E-state index contributed by atoms with van der Waals surface area (Å²) in [4.78, 5) is 13.7. The van der Waals surface area contributed by atoms with Gasteiger partial charge in [0.1, 0.15) is 11.1 Å². The van der Waals surface area contributed by atoms with Crippen molar-refractivity contribution in [3.05, 3.63) is 81.8 Å². The second-order valence-corrected chi connectivity index (χ2v) is 10.8. The Labute approximate surface area is 191 Å². The van der Waals surface area contributed by atoms with E-state index in [0.717, 1.165) is 12.0 Å². The third kappa shape index (κ3) is 3.97. The first kappa shape index (κ1) is 21.8. The van der Waals surface area contributed by atoms with E-state index < -0.39 is 21.1 Å². The van der Waals surface area contributed by atoms with Crippen molar-refractivity contribution in [3.63, 3.8) is 0 Å². The van der Waals surface area contributed by atoms with Crippen molar-refractivity contribution in [2.24, 2.45) is 0 Å². The van der Waals surface area contributed by atoms with Gasteiger partial charge in [-0.2, -0.15) is 9.40 Å². The molecule has 0 aliphatic carbocycles. The fraction of sp³-hybridized carbons (Fsp3) is 0.391. The van der Waals surface area contributed by atoms with Gasteiger partial charge in [-0.15, -0.1) is 0 Å². The number of hydrogen-bond acceptors (Lipinski definition) is 5. The fourth-order valence-electron chi connectivity index (χ4n) is 4.77. The van der Waals surface area contributed by atoms with Gasteiger partial charge in [0, 0.05) is 36.9 Å². The first-order chi connectivity index (χ1) is 15.8. The van der Waals surface area contributed by atoms with Crippen LogP contribution in [0.1, 0.15) is 42.0 Å². The maximum atomic E-state index is 15.1. The lowest BCUT2D eigenvalue weighted by molar-refractivity contribution is 0.279. The Bertz CT molecular complexity index is 1320. The van der Waals surface area contributed by atoms with Crippen molar-refractivity contribution in [2.45, 2.75) is 50.7 Å². The zero-order valence-electron chi connectivity index (χ0n) is 18.3. The Morgan fingerprint density at radius 3 is 2.67 bits per heavy atom. The number of sulfonamides is 1. The maximum absolute atomic E-state index is 15.1. The average molecular weight is 472 g/mol. The highest BCUT2D eigenvalue weighted by Crippen LogP contribution is 2.38. The molecule has 0 bridgehead atoms. The normalized spacial score (nSPS) is 22.8. The van der Waals surface area contributed by atoms with Gasteiger partial charge in [-0.3, -0.25) is 4.57 Å². The predicted octanol–water partition coefficient (Wildman–Crippen LogP) is 2.79. The summed E-state index contributed by atoms with van der Waals surface area (Å²) in [5.74, 6) is 0.164. The van der Waals surface area contributed by atoms with Gasteiger partial charge in [0.2, 0.25) is 10.0 Å². The summed E-state index contributed by atoms with van der Waals surface area (Å²) >= 11 is 0. The Morgan fingerprint density at radius 1 is 1.12 bits per heavy atom. The van der Waals surface area contributed by atoms with Crippen LogP contribution >= 0.6 is 0 Å². The molecule has 2 aliphatic rings. The van der Waals surface area contributed by atoms with Crippen LogP contribution in [0.5, 0.6) is 0 Å². The van der Waals surface area contributed by atoms with Crippen LogP contribution in [0.4, 0.5) is 10.1 Å². The quantitative estimate of drug-likeness (QED) is 0.632. The van der Waals surface area contributed by atoms with Crippen LogP contribution in [0.15, 0.2) is 53.3 Å². The van der Waals surface area contributed by atoms with Crippen molar-refractivity contribution < 1.29 is 12.8 Å². The van der Waals surface area contributed by atoms with Crippen molar-refractivity contribution in [1.82, 2.24) is 19.1 Å². The van der Waals surface area contributed by atoms with E-state index in [1.807, 2.05) is 42.2 Å². The van der Waals surface area contributed by atoms with E-state index >= 15 is 4.39 Å². The molecule has 1 fully saturated rings. The summed E-state index contributed by atoms with van der Waals surface area (Å²) in [6.45, 7) is 3.30. The number of H-pyrrole nitrogens is 1. The highest BCUT2D eigenvalue weighted by Gasteiger charge is 2.40. The molecule has 0 saturated carbocycles. The molecule has 174 valence electrons. The van der Waals surface area contributed by atoms with Crippen LogP contribution in [0.2, 0.25) is 0 Å². The van der Waals surface area contributed by atoms with Gasteiger partial charge in [0.05, 0.1) is 6.54 Å². The van der Waals surface area contributed by atoms with Crippen LogP contribution in [0.3, 0.4) is 0 Å².